The van der Waals surface area contributed by atoms with Gasteiger partial charge in [0, 0.05) is 16.3 Å². The maximum absolute atomic E-state index is 12.9. The molecule has 2 N–H and O–H groups in total. The maximum Gasteiger partial charge on any atom is 0.260 e. The molecule has 156 valence electrons. The summed E-state index contributed by atoms with van der Waals surface area (Å²) < 4.78 is 5.70. The Morgan fingerprint density at radius 1 is 0.967 bits per heavy atom. The van der Waals surface area contributed by atoms with Gasteiger partial charge in [-0.25, -0.2) is 0 Å². The third-order valence-corrected chi connectivity index (χ3v) is 5.66. The van der Waals surface area contributed by atoms with Crippen molar-refractivity contribution in [3.8, 4) is 5.75 Å². The standard InChI is InChI=1S/C24H26N2O3S/c1-18-7-12-22(30-18)16-26(14-13-19-5-3-2-4-6-19)24(28)17-29-21-10-8-20(9-11-21)15-23(25)27/h2-12H,13-17H2,1H3,(H2,25,27). The molecule has 0 aliphatic rings. The topological polar surface area (TPSA) is 72.6 Å². The number of rotatable bonds is 10. The van der Waals surface area contributed by atoms with E-state index in [2.05, 4.69) is 31.2 Å². The van der Waals surface area contributed by atoms with Crippen molar-refractivity contribution in [2.24, 2.45) is 5.73 Å². The quantitative estimate of drug-likeness (QED) is 0.541. The minimum absolute atomic E-state index is 0.0334. The van der Waals surface area contributed by atoms with Gasteiger partial charge in [-0.3, -0.25) is 9.59 Å². The monoisotopic (exact) mass is 422 g/mol. The van der Waals surface area contributed by atoms with E-state index in [0.29, 0.717) is 18.8 Å². The van der Waals surface area contributed by atoms with E-state index in [1.807, 2.05) is 23.1 Å². The lowest BCUT2D eigenvalue weighted by molar-refractivity contribution is -0.134. The summed E-state index contributed by atoms with van der Waals surface area (Å²) in [5, 5.41) is 0. The van der Waals surface area contributed by atoms with Crippen LogP contribution < -0.4 is 10.5 Å². The Balaban J connectivity index is 1.60. The van der Waals surface area contributed by atoms with Crippen LogP contribution >= 0.6 is 11.3 Å². The van der Waals surface area contributed by atoms with Crippen LogP contribution in [-0.4, -0.2) is 29.9 Å². The zero-order valence-electron chi connectivity index (χ0n) is 17.0. The first-order valence-electron chi connectivity index (χ1n) is 9.86. The first-order chi connectivity index (χ1) is 14.5. The van der Waals surface area contributed by atoms with Crippen LogP contribution in [0.4, 0.5) is 0 Å². The number of aryl methyl sites for hydroxylation is 1. The van der Waals surface area contributed by atoms with E-state index >= 15 is 0 Å². The summed E-state index contributed by atoms with van der Waals surface area (Å²) in [6.45, 7) is 3.23. The molecule has 0 radical (unpaired) electrons. The summed E-state index contributed by atoms with van der Waals surface area (Å²) in [7, 11) is 0. The van der Waals surface area contributed by atoms with E-state index in [4.69, 9.17) is 10.5 Å². The molecule has 3 rings (SSSR count). The molecular formula is C24H26N2O3S. The molecular weight excluding hydrogens is 396 g/mol. The molecule has 6 heteroatoms. The molecule has 0 fully saturated rings. The van der Waals surface area contributed by atoms with Gasteiger partial charge in [0.15, 0.2) is 6.61 Å². The minimum atomic E-state index is -0.378. The second-order valence-electron chi connectivity index (χ2n) is 7.14. The van der Waals surface area contributed by atoms with Crippen molar-refractivity contribution >= 4 is 23.2 Å². The molecule has 2 aromatic carbocycles. The first-order valence-corrected chi connectivity index (χ1v) is 10.7. The third-order valence-electron chi connectivity index (χ3n) is 4.67. The van der Waals surface area contributed by atoms with Gasteiger partial charge < -0.3 is 15.4 Å². The fourth-order valence-corrected chi connectivity index (χ4v) is 4.01. The summed E-state index contributed by atoms with van der Waals surface area (Å²) in [5.41, 5.74) is 7.23. The predicted molar refractivity (Wildman–Crippen MR) is 119 cm³/mol. The molecule has 5 nitrogen and oxygen atoms in total. The Bertz CT molecular complexity index is 968. The van der Waals surface area contributed by atoms with Crippen LogP contribution in [0.25, 0.3) is 0 Å². The lowest BCUT2D eigenvalue weighted by Gasteiger charge is -2.22. The third kappa shape index (κ3) is 6.74. The van der Waals surface area contributed by atoms with Gasteiger partial charge in [-0.2, -0.15) is 0 Å². The number of thiophene rings is 1. The zero-order chi connectivity index (χ0) is 21.3. The highest BCUT2D eigenvalue weighted by Gasteiger charge is 2.16. The number of carbonyl (C=O) groups excluding carboxylic acids is 2. The predicted octanol–water partition coefficient (Wildman–Crippen LogP) is 3.73. The SMILES string of the molecule is Cc1ccc(CN(CCc2ccccc2)C(=O)COc2ccc(CC(N)=O)cc2)s1. The molecule has 0 aliphatic heterocycles. The average molecular weight is 423 g/mol. The molecule has 30 heavy (non-hydrogen) atoms. The fourth-order valence-electron chi connectivity index (χ4n) is 3.10. The van der Waals surface area contributed by atoms with Crippen LogP contribution in [0.15, 0.2) is 66.7 Å². The molecule has 3 aromatic rings. The molecule has 0 atom stereocenters. The van der Waals surface area contributed by atoms with Crippen molar-refractivity contribution in [1.29, 1.82) is 0 Å². The van der Waals surface area contributed by atoms with Gasteiger partial charge in [-0.15, -0.1) is 11.3 Å². The molecule has 0 aliphatic carbocycles. The van der Waals surface area contributed by atoms with Crippen molar-refractivity contribution in [3.63, 3.8) is 0 Å². The highest BCUT2D eigenvalue weighted by atomic mass is 32.1. The van der Waals surface area contributed by atoms with Crippen LogP contribution in [0.1, 0.15) is 20.9 Å². The number of carbonyl (C=O) groups is 2. The number of primary amides is 1. The second-order valence-corrected chi connectivity index (χ2v) is 8.51. The van der Waals surface area contributed by atoms with Crippen LogP contribution in [0, 0.1) is 6.92 Å². The van der Waals surface area contributed by atoms with Gasteiger partial charge >= 0.3 is 0 Å². The van der Waals surface area contributed by atoms with Crippen molar-refractivity contribution in [3.05, 3.63) is 87.6 Å². The number of ether oxygens (including phenoxy) is 1. The lowest BCUT2D eigenvalue weighted by atomic mass is 10.1. The van der Waals surface area contributed by atoms with E-state index in [0.717, 1.165) is 16.9 Å². The molecule has 0 unspecified atom stereocenters. The van der Waals surface area contributed by atoms with Gasteiger partial charge in [0.05, 0.1) is 13.0 Å². The van der Waals surface area contributed by atoms with E-state index < -0.39 is 0 Å². The summed E-state index contributed by atoms with van der Waals surface area (Å²) >= 11 is 1.70. The van der Waals surface area contributed by atoms with Gasteiger partial charge in [0.2, 0.25) is 5.91 Å². The molecule has 0 saturated heterocycles. The van der Waals surface area contributed by atoms with Crippen molar-refractivity contribution in [2.75, 3.05) is 13.2 Å². The Hall–Kier alpha value is -3.12. The van der Waals surface area contributed by atoms with Crippen LogP contribution in [-0.2, 0) is 29.0 Å². The summed E-state index contributed by atoms with van der Waals surface area (Å²) in [6.07, 6.45) is 0.978. The molecule has 1 aromatic heterocycles. The summed E-state index contributed by atoms with van der Waals surface area (Å²) in [5.74, 6) is 0.154. The van der Waals surface area contributed by atoms with E-state index in [1.165, 1.54) is 10.4 Å². The normalized spacial score (nSPS) is 10.6. The summed E-state index contributed by atoms with van der Waals surface area (Å²) in [4.78, 5) is 28.1. The van der Waals surface area contributed by atoms with Crippen molar-refractivity contribution in [1.82, 2.24) is 4.90 Å². The number of nitrogens with two attached hydrogens (primary N) is 1. The number of amides is 2. The largest absolute Gasteiger partial charge is 0.484 e. The Labute approximate surface area is 181 Å². The van der Waals surface area contributed by atoms with E-state index in [1.54, 1.807) is 35.6 Å². The van der Waals surface area contributed by atoms with Gasteiger partial charge in [-0.1, -0.05) is 42.5 Å². The van der Waals surface area contributed by atoms with Gasteiger partial charge in [0.1, 0.15) is 5.75 Å². The molecule has 0 spiro atoms. The number of hydrogen-bond donors (Lipinski definition) is 1. The highest BCUT2D eigenvalue weighted by Crippen LogP contribution is 2.18. The first kappa shape index (κ1) is 21.6. The summed E-state index contributed by atoms with van der Waals surface area (Å²) in [6, 6.07) is 21.4. The van der Waals surface area contributed by atoms with Crippen LogP contribution in [0.2, 0.25) is 0 Å². The van der Waals surface area contributed by atoms with Crippen LogP contribution in [0.5, 0.6) is 5.75 Å². The Morgan fingerprint density at radius 2 is 1.70 bits per heavy atom. The Kier molecular flexibility index (Phi) is 7.63. The smallest absolute Gasteiger partial charge is 0.260 e. The zero-order valence-corrected chi connectivity index (χ0v) is 17.9. The second kappa shape index (κ2) is 10.6. The van der Waals surface area contributed by atoms with Crippen molar-refractivity contribution < 1.29 is 14.3 Å². The average Bonchev–Trinajstić information content (AvgIpc) is 3.15. The lowest BCUT2D eigenvalue weighted by Crippen LogP contribution is -2.35. The molecule has 0 bridgehead atoms. The number of benzene rings is 2. The Morgan fingerprint density at radius 3 is 2.33 bits per heavy atom. The fraction of sp³-hybridized carbons (Fsp3) is 0.250. The van der Waals surface area contributed by atoms with Crippen molar-refractivity contribution in [2.45, 2.75) is 26.3 Å². The van der Waals surface area contributed by atoms with Gasteiger partial charge in [-0.05, 0) is 48.7 Å². The minimum Gasteiger partial charge on any atom is -0.484 e. The number of hydrogen-bond acceptors (Lipinski definition) is 4. The highest BCUT2D eigenvalue weighted by molar-refractivity contribution is 7.11. The van der Waals surface area contributed by atoms with E-state index in [9.17, 15) is 9.59 Å². The van der Waals surface area contributed by atoms with E-state index in [-0.39, 0.29) is 24.8 Å². The molecule has 0 saturated carbocycles. The molecule has 1 heterocycles. The molecule has 2 amide bonds. The van der Waals surface area contributed by atoms with Gasteiger partial charge in [0.25, 0.3) is 5.91 Å². The van der Waals surface area contributed by atoms with Crippen LogP contribution in [0.3, 0.4) is 0 Å². The maximum atomic E-state index is 12.9. The number of nitrogens with zero attached hydrogens (tertiary/aromatic N) is 1.